The van der Waals surface area contributed by atoms with Gasteiger partial charge >= 0.3 is 0 Å². The number of carbonyl (C=O) groups is 1. The predicted molar refractivity (Wildman–Crippen MR) is 50.4 cm³/mol. The molecule has 0 aliphatic carbocycles. The molecule has 0 aromatic heterocycles. The van der Waals surface area contributed by atoms with Gasteiger partial charge in [0, 0.05) is 19.5 Å². The Bertz CT molecular complexity index is 185. The van der Waals surface area contributed by atoms with Crippen LogP contribution in [-0.2, 0) is 4.79 Å². The van der Waals surface area contributed by atoms with E-state index in [1.54, 1.807) is 0 Å². The fourth-order valence-electron chi connectivity index (χ4n) is 1.83. The summed E-state index contributed by atoms with van der Waals surface area (Å²) in [5, 5.41) is 9.41. The monoisotopic (exact) mass is 183 g/mol. The van der Waals surface area contributed by atoms with Crippen LogP contribution >= 0.6 is 0 Å². The Labute approximate surface area is 78.5 Å². The van der Waals surface area contributed by atoms with Crippen LogP contribution in [0.1, 0.15) is 12.8 Å². The molecule has 0 radical (unpaired) electrons. The average Bonchev–Trinajstić information content (AvgIpc) is 2.49. The van der Waals surface area contributed by atoms with Crippen LogP contribution in [0.15, 0.2) is 0 Å². The summed E-state index contributed by atoms with van der Waals surface area (Å²) in [6.07, 6.45) is 1.85. The van der Waals surface area contributed by atoms with E-state index < -0.39 is 0 Å². The molecule has 1 atom stereocenters. The van der Waals surface area contributed by atoms with Crippen molar-refractivity contribution in [2.45, 2.75) is 18.9 Å². The molecule has 74 valence electrons. The zero-order valence-electron chi connectivity index (χ0n) is 7.81. The molecule has 3 N–H and O–H groups in total. The zero-order chi connectivity index (χ0) is 9.10. The van der Waals surface area contributed by atoms with E-state index in [0.717, 1.165) is 32.6 Å². The van der Waals surface area contributed by atoms with Gasteiger partial charge in [-0.2, -0.15) is 0 Å². The van der Waals surface area contributed by atoms with E-state index in [9.17, 15) is 4.79 Å². The summed E-state index contributed by atoms with van der Waals surface area (Å²) in [5.41, 5.74) is 0. The number of amides is 1. The van der Waals surface area contributed by atoms with Crippen LogP contribution in [0.25, 0.3) is 0 Å². The molecule has 0 bridgehead atoms. The number of rotatable bonds is 3. The fourth-order valence-corrected chi connectivity index (χ4v) is 1.83. The number of hydrogen-bond donors (Lipinski definition) is 3. The van der Waals surface area contributed by atoms with Crippen molar-refractivity contribution in [3.63, 3.8) is 0 Å². The van der Waals surface area contributed by atoms with Crippen molar-refractivity contribution in [3.05, 3.63) is 0 Å². The standard InChI is InChI=1S/C9H17N3O/c13-9(12-8-5-11-6-8)3-7-1-2-10-4-7/h7-8,10-11H,1-6H2,(H,12,13). The SMILES string of the molecule is O=C(CC1CCNC1)NC1CNC1. The number of nitrogens with one attached hydrogen (secondary N) is 3. The lowest BCUT2D eigenvalue weighted by Gasteiger charge is -2.28. The van der Waals surface area contributed by atoms with Crippen molar-refractivity contribution in [3.8, 4) is 0 Å². The minimum atomic E-state index is 0.222. The molecule has 2 aliphatic heterocycles. The molecule has 0 spiro atoms. The molecule has 1 unspecified atom stereocenters. The number of carbonyl (C=O) groups excluding carboxylic acids is 1. The van der Waals surface area contributed by atoms with Crippen molar-refractivity contribution < 1.29 is 4.79 Å². The minimum absolute atomic E-state index is 0.222. The largest absolute Gasteiger partial charge is 0.351 e. The molecule has 4 nitrogen and oxygen atoms in total. The lowest BCUT2D eigenvalue weighted by atomic mass is 10.0. The van der Waals surface area contributed by atoms with Crippen LogP contribution in [0.2, 0.25) is 0 Å². The van der Waals surface area contributed by atoms with Crippen LogP contribution in [0.4, 0.5) is 0 Å². The van der Waals surface area contributed by atoms with Crippen LogP contribution in [0.3, 0.4) is 0 Å². The van der Waals surface area contributed by atoms with Crippen LogP contribution in [0, 0.1) is 5.92 Å². The van der Waals surface area contributed by atoms with Gasteiger partial charge in [-0.25, -0.2) is 0 Å². The fraction of sp³-hybridized carbons (Fsp3) is 0.889. The van der Waals surface area contributed by atoms with Gasteiger partial charge in [0.15, 0.2) is 0 Å². The lowest BCUT2D eigenvalue weighted by molar-refractivity contribution is -0.122. The third-order valence-electron chi connectivity index (χ3n) is 2.78. The Hall–Kier alpha value is -0.610. The molecule has 0 aromatic carbocycles. The maximum absolute atomic E-state index is 11.4. The first-order chi connectivity index (χ1) is 6.34. The van der Waals surface area contributed by atoms with Crippen molar-refractivity contribution in [2.24, 2.45) is 5.92 Å². The molecule has 2 fully saturated rings. The van der Waals surface area contributed by atoms with Crippen LogP contribution < -0.4 is 16.0 Å². The quantitative estimate of drug-likeness (QED) is 0.530. The van der Waals surface area contributed by atoms with Gasteiger partial charge in [0.25, 0.3) is 0 Å². The summed E-state index contributed by atoms with van der Waals surface area (Å²) < 4.78 is 0. The van der Waals surface area contributed by atoms with E-state index in [1.807, 2.05) is 0 Å². The molecule has 2 aliphatic rings. The lowest BCUT2D eigenvalue weighted by Crippen LogP contribution is -2.57. The van der Waals surface area contributed by atoms with Gasteiger partial charge < -0.3 is 16.0 Å². The molecule has 1 amide bonds. The second kappa shape index (κ2) is 4.07. The average molecular weight is 183 g/mol. The van der Waals surface area contributed by atoms with Gasteiger partial charge in [-0.1, -0.05) is 0 Å². The third kappa shape index (κ3) is 2.42. The van der Waals surface area contributed by atoms with Gasteiger partial charge in [-0.05, 0) is 25.4 Å². The molecule has 2 saturated heterocycles. The maximum Gasteiger partial charge on any atom is 0.220 e. The summed E-state index contributed by atoms with van der Waals surface area (Å²) >= 11 is 0. The Morgan fingerprint density at radius 2 is 2.15 bits per heavy atom. The predicted octanol–water partition coefficient (Wildman–Crippen LogP) is -0.926. The van der Waals surface area contributed by atoms with Crippen molar-refractivity contribution in [1.29, 1.82) is 0 Å². The summed E-state index contributed by atoms with van der Waals surface area (Å²) in [7, 11) is 0. The van der Waals surface area contributed by atoms with Gasteiger partial charge in [-0.15, -0.1) is 0 Å². The second-order valence-electron chi connectivity index (χ2n) is 3.99. The molecule has 4 heteroatoms. The van der Waals surface area contributed by atoms with Gasteiger partial charge in [0.2, 0.25) is 5.91 Å². The Balaban J connectivity index is 1.64. The third-order valence-corrected chi connectivity index (χ3v) is 2.78. The van der Waals surface area contributed by atoms with Crippen LogP contribution in [0.5, 0.6) is 0 Å². The highest BCUT2D eigenvalue weighted by molar-refractivity contribution is 5.76. The Morgan fingerprint density at radius 1 is 1.31 bits per heavy atom. The Kier molecular flexibility index (Phi) is 2.80. The summed E-state index contributed by atoms with van der Waals surface area (Å²) in [4.78, 5) is 11.4. The topological polar surface area (TPSA) is 53.2 Å². The zero-order valence-corrected chi connectivity index (χ0v) is 7.81. The second-order valence-corrected chi connectivity index (χ2v) is 3.99. The van der Waals surface area contributed by atoms with Gasteiger partial charge in [-0.3, -0.25) is 4.79 Å². The highest BCUT2D eigenvalue weighted by atomic mass is 16.1. The van der Waals surface area contributed by atoms with E-state index >= 15 is 0 Å². The smallest absolute Gasteiger partial charge is 0.220 e. The first-order valence-electron chi connectivity index (χ1n) is 5.05. The maximum atomic E-state index is 11.4. The molecule has 0 aromatic rings. The van der Waals surface area contributed by atoms with E-state index in [2.05, 4.69) is 16.0 Å². The molecule has 13 heavy (non-hydrogen) atoms. The van der Waals surface area contributed by atoms with Crippen molar-refractivity contribution in [1.82, 2.24) is 16.0 Å². The van der Waals surface area contributed by atoms with Gasteiger partial charge in [0.1, 0.15) is 0 Å². The van der Waals surface area contributed by atoms with Crippen molar-refractivity contribution >= 4 is 5.91 Å². The molecule has 2 rings (SSSR count). The summed E-state index contributed by atoms with van der Waals surface area (Å²) in [6.45, 7) is 3.96. The molecule has 0 saturated carbocycles. The highest BCUT2D eigenvalue weighted by Crippen LogP contribution is 2.11. The van der Waals surface area contributed by atoms with E-state index in [0.29, 0.717) is 18.4 Å². The molecular weight excluding hydrogens is 166 g/mol. The van der Waals surface area contributed by atoms with E-state index in [1.165, 1.54) is 0 Å². The highest BCUT2D eigenvalue weighted by Gasteiger charge is 2.22. The number of hydrogen-bond acceptors (Lipinski definition) is 3. The van der Waals surface area contributed by atoms with Gasteiger partial charge in [0.05, 0.1) is 6.04 Å². The van der Waals surface area contributed by atoms with Crippen LogP contribution in [-0.4, -0.2) is 38.1 Å². The first kappa shape index (κ1) is 8.97. The first-order valence-corrected chi connectivity index (χ1v) is 5.05. The summed E-state index contributed by atoms with van der Waals surface area (Å²) in [5.74, 6) is 0.785. The normalized spacial score (nSPS) is 28.5. The molecule has 2 heterocycles. The van der Waals surface area contributed by atoms with E-state index in [4.69, 9.17) is 0 Å². The van der Waals surface area contributed by atoms with E-state index in [-0.39, 0.29) is 5.91 Å². The minimum Gasteiger partial charge on any atom is -0.351 e. The molecular formula is C9H17N3O. The summed E-state index contributed by atoms with van der Waals surface area (Å²) in [6, 6.07) is 0.391. The Morgan fingerprint density at radius 3 is 2.69 bits per heavy atom. The van der Waals surface area contributed by atoms with Crippen molar-refractivity contribution in [2.75, 3.05) is 26.2 Å².